The number of halogens is 5. The minimum Gasteiger partial charge on any atom is -0.382 e. The van der Waals surface area contributed by atoms with E-state index in [1.807, 2.05) is 0 Å². The monoisotopic (exact) mass is 497 g/mol. The van der Waals surface area contributed by atoms with E-state index in [4.69, 9.17) is 5.73 Å². The van der Waals surface area contributed by atoms with Crippen molar-refractivity contribution in [2.24, 2.45) is 0 Å². The van der Waals surface area contributed by atoms with E-state index in [0.29, 0.717) is 0 Å². The molecule has 2 amide bonds. The number of carbonyl (C=O) groups is 2. The topological polar surface area (TPSA) is 119 Å². The Morgan fingerprint density at radius 1 is 1.14 bits per heavy atom. The van der Waals surface area contributed by atoms with Crippen LogP contribution < -0.4 is 11.1 Å². The van der Waals surface area contributed by atoms with Crippen LogP contribution in [0.2, 0.25) is 0 Å². The van der Waals surface area contributed by atoms with Crippen molar-refractivity contribution in [1.29, 1.82) is 0 Å². The van der Waals surface area contributed by atoms with Crippen LogP contribution in [-0.4, -0.2) is 67.3 Å². The molecule has 0 aromatic carbocycles. The minimum atomic E-state index is -4.75. The maximum Gasteiger partial charge on any atom is 0.418 e. The zero-order valence-electron chi connectivity index (χ0n) is 18.5. The number of nitrogens with zero attached hydrogens (tertiary/aromatic N) is 5. The van der Waals surface area contributed by atoms with Crippen molar-refractivity contribution < 1.29 is 31.5 Å². The average molecular weight is 497 g/mol. The Balaban J connectivity index is 1.61. The SMILES string of the molecule is CC(C)(F)C(=O)N1C[C@H](F)[C@H](NC(=O)c2cncc(-c3cc(C(F)(F)F)c4c(N)ncnn34)c2)C1. The van der Waals surface area contributed by atoms with Crippen LogP contribution in [-0.2, 0) is 11.0 Å². The van der Waals surface area contributed by atoms with Crippen LogP contribution in [0.3, 0.4) is 0 Å². The first-order valence-corrected chi connectivity index (χ1v) is 10.4. The number of alkyl halides is 5. The summed E-state index contributed by atoms with van der Waals surface area (Å²) >= 11 is 0. The summed E-state index contributed by atoms with van der Waals surface area (Å²) in [5.41, 5.74) is 1.93. The predicted molar refractivity (Wildman–Crippen MR) is 114 cm³/mol. The van der Waals surface area contributed by atoms with E-state index in [1.165, 1.54) is 12.3 Å². The molecule has 4 rings (SSSR count). The summed E-state index contributed by atoms with van der Waals surface area (Å²) in [5, 5.41) is 6.28. The lowest BCUT2D eigenvalue weighted by atomic mass is 10.1. The standard InChI is InChI=1S/C21H20F5N7O2/c1-20(2,23)19(35)32-7-13(22)14(8-32)31-18(34)11-3-10(5-28-6-11)15-4-12(21(24,25)26)16-17(27)29-9-30-33(15)16/h3-6,9,13-14H,7-8H2,1-2H3,(H,31,34)(H2,27,29,30)/t13-,14+/m0/s1. The van der Waals surface area contributed by atoms with Crippen LogP contribution in [0.4, 0.5) is 27.8 Å². The van der Waals surface area contributed by atoms with E-state index >= 15 is 0 Å². The van der Waals surface area contributed by atoms with Crippen molar-refractivity contribution in [3.05, 3.63) is 42.0 Å². The normalized spacial score (nSPS) is 18.8. The summed E-state index contributed by atoms with van der Waals surface area (Å²) in [7, 11) is 0. The number of carbonyl (C=O) groups excluding carboxylic acids is 2. The summed E-state index contributed by atoms with van der Waals surface area (Å²) in [6, 6.07) is 0.977. The molecule has 1 aliphatic rings. The van der Waals surface area contributed by atoms with Crippen LogP contribution >= 0.6 is 0 Å². The third kappa shape index (κ3) is 4.59. The van der Waals surface area contributed by atoms with Gasteiger partial charge in [0.1, 0.15) is 18.0 Å². The van der Waals surface area contributed by atoms with Gasteiger partial charge in [0, 0.05) is 24.5 Å². The lowest BCUT2D eigenvalue weighted by molar-refractivity contribution is -0.141. The Labute approximate surface area is 195 Å². The zero-order chi connectivity index (χ0) is 25.7. The lowest BCUT2D eigenvalue weighted by Gasteiger charge is -2.22. The predicted octanol–water partition coefficient (Wildman–Crippen LogP) is 2.42. The van der Waals surface area contributed by atoms with E-state index in [2.05, 4.69) is 20.4 Å². The third-order valence-electron chi connectivity index (χ3n) is 5.55. The highest BCUT2D eigenvalue weighted by molar-refractivity contribution is 5.95. The number of nitrogen functional groups attached to an aromatic ring is 1. The summed E-state index contributed by atoms with van der Waals surface area (Å²) in [5.74, 6) is -2.06. The molecule has 0 unspecified atom stereocenters. The number of likely N-dealkylation sites (tertiary alicyclic amines) is 1. The number of nitrogens with two attached hydrogens (primary N) is 1. The lowest BCUT2D eigenvalue weighted by Crippen LogP contribution is -2.44. The van der Waals surface area contributed by atoms with Gasteiger partial charge in [0.15, 0.2) is 11.5 Å². The molecule has 0 spiro atoms. The second-order valence-corrected chi connectivity index (χ2v) is 8.59. The second-order valence-electron chi connectivity index (χ2n) is 8.59. The summed E-state index contributed by atoms with van der Waals surface area (Å²) in [6.07, 6.45) is -3.01. The molecular weight excluding hydrogens is 477 g/mol. The number of amides is 2. The fourth-order valence-electron chi connectivity index (χ4n) is 3.89. The van der Waals surface area contributed by atoms with Gasteiger partial charge in [-0.25, -0.2) is 18.3 Å². The largest absolute Gasteiger partial charge is 0.418 e. The first-order chi connectivity index (χ1) is 16.3. The van der Waals surface area contributed by atoms with Gasteiger partial charge in [0.2, 0.25) is 0 Å². The number of hydrogen-bond acceptors (Lipinski definition) is 6. The highest BCUT2D eigenvalue weighted by Gasteiger charge is 2.41. The average Bonchev–Trinajstić information content (AvgIpc) is 3.34. The van der Waals surface area contributed by atoms with E-state index in [1.54, 1.807) is 0 Å². The first kappa shape index (κ1) is 24.3. The molecule has 1 saturated heterocycles. The van der Waals surface area contributed by atoms with Crippen LogP contribution in [0, 0.1) is 0 Å². The number of rotatable bonds is 4. The minimum absolute atomic E-state index is 0.0465. The molecule has 0 bridgehead atoms. The fraction of sp³-hybridized carbons (Fsp3) is 0.381. The Morgan fingerprint density at radius 2 is 1.86 bits per heavy atom. The van der Waals surface area contributed by atoms with Crippen molar-refractivity contribution in [3.63, 3.8) is 0 Å². The Bertz CT molecular complexity index is 1300. The van der Waals surface area contributed by atoms with Gasteiger partial charge in [-0.3, -0.25) is 14.6 Å². The fourth-order valence-corrected chi connectivity index (χ4v) is 3.89. The molecule has 2 atom stereocenters. The van der Waals surface area contributed by atoms with Gasteiger partial charge < -0.3 is 16.0 Å². The molecule has 35 heavy (non-hydrogen) atoms. The van der Waals surface area contributed by atoms with Gasteiger partial charge >= 0.3 is 6.18 Å². The molecule has 186 valence electrons. The molecule has 3 aromatic rings. The summed E-state index contributed by atoms with van der Waals surface area (Å²) < 4.78 is 70.0. The van der Waals surface area contributed by atoms with E-state index in [0.717, 1.165) is 41.9 Å². The first-order valence-electron chi connectivity index (χ1n) is 10.4. The second kappa shape index (κ2) is 8.43. The van der Waals surface area contributed by atoms with Crippen molar-refractivity contribution in [2.75, 3.05) is 18.8 Å². The highest BCUT2D eigenvalue weighted by atomic mass is 19.4. The van der Waals surface area contributed by atoms with Crippen molar-refractivity contribution in [3.8, 4) is 11.3 Å². The maximum atomic E-state index is 14.5. The van der Waals surface area contributed by atoms with Crippen molar-refractivity contribution in [2.45, 2.75) is 37.9 Å². The van der Waals surface area contributed by atoms with Gasteiger partial charge in [0.05, 0.1) is 29.4 Å². The van der Waals surface area contributed by atoms with Crippen LogP contribution in [0.25, 0.3) is 16.8 Å². The molecule has 9 nitrogen and oxygen atoms in total. The van der Waals surface area contributed by atoms with Gasteiger partial charge in [-0.05, 0) is 26.0 Å². The van der Waals surface area contributed by atoms with E-state index < -0.39 is 47.0 Å². The van der Waals surface area contributed by atoms with Gasteiger partial charge in [-0.15, -0.1) is 0 Å². The van der Waals surface area contributed by atoms with Gasteiger partial charge in [-0.2, -0.15) is 18.3 Å². The van der Waals surface area contributed by atoms with Crippen molar-refractivity contribution >= 4 is 23.1 Å². The number of pyridine rings is 1. The van der Waals surface area contributed by atoms with Crippen LogP contribution in [0.5, 0.6) is 0 Å². The zero-order valence-corrected chi connectivity index (χ0v) is 18.5. The number of fused-ring (bicyclic) bond motifs is 1. The molecule has 0 aliphatic carbocycles. The molecular formula is C21H20F5N7O2. The molecule has 1 fully saturated rings. The van der Waals surface area contributed by atoms with Gasteiger partial charge in [0.25, 0.3) is 11.8 Å². The Morgan fingerprint density at radius 3 is 2.51 bits per heavy atom. The molecule has 14 heteroatoms. The van der Waals surface area contributed by atoms with Crippen molar-refractivity contribution in [1.82, 2.24) is 29.8 Å². The molecule has 0 radical (unpaired) electrons. The summed E-state index contributed by atoms with van der Waals surface area (Å²) in [6.45, 7) is 1.49. The summed E-state index contributed by atoms with van der Waals surface area (Å²) in [4.78, 5) is 33.3. The molecule has 3 N–H and O–H groups in total. The molecule has 3 aromatic heterocycles. The van der Waals surface area contributed by atoms with E-state index in [-0.39, 0.29) is 35.7 Å². The van der Waals surface area contributed by atoms with Gasteiger partial charge in [-0.1, -0.05) is 0 Å². The molecule has 1 aliphatic heterocycles. The van der Waals surface area contributed by atoms with E-state index in [9.17, 15) is 31.5 Å². The number of anilines is 1. The Hall–Kier alpha value is -3.84. The quantitative estimate of drug-likeness (QED) is 0.535. The Kier molecular flexibility index (Phi) is 5.85. The number of aromatic nitrogens is 4. The molecule has 4 heterocycles. The highest BCUT2D eigenvalue weighted by Crippen LogP contribution is 2.38. The van der Waals surface area contributed by atoms with Crippen LogP contribution in [0.15, 0.2) is 30.9 Å². The van der Waals surface area contributed by atoms with Crippen LogP contribution in [0.1, 0.15) is 29.8 Å². The number of hydrogen-bond donors (Lipinski definition) is 2. The number of nitrogens with one attached hydrogen (secondary N) is 1. The molecule has 0 saturated carbocycles. The maximum absolute atomic E-state index is 14.5. The third-order valence-corrected chi connectivity index (χ3v) is 5.55. The smallest absolute Gasteiger partial charge is 0.382 e.